The second-order valence-electron chi connectivity index (χ2n) is 5.89. The van der Waals surface area contributed by atoms with Gasteiger partial charge in [-0.15, -0.1) is 0 Å². The van der Waals surface area contributed by atoms with E-state index in [4.69, 9.17) is 4.74 Å². The van der Waals surface area contributed by atoms with Gasteiger partial charge in [-0.05, 0) is 41.5 Å². The minimum Gasteiger partial charge on any atom is -0.423 e. The number of nitriles is 1. The Kier molecular flexibility index (Phi) is 6.12. The van der Waals surface area contributed by atoms with Crippen molar-refractivity contribution in [2.75, 3.05) is 0 Å². The molecule has 0 radical (unpaired) electrons. The molecule has 0 amide bonds. The highest BCUT2D eigenvalue weighted by molar-refractivity contribution is 5.91. The molecule has 3 aromatic carbocycles. The van der Waals surface area contributed by atoms with Gasteiger partial charge in [0.05, 0.1) is 11.6 Å². The normalized spacial score (nSPS) is 11.2. The number of hydrogen-bond acceptors (Lipinski definition) is 3. The summed E-state index contributed by atoms with van der Waals surface area (Å²) in [7, 11) is 0. The Morgan fingerprint density at radius 1 is 0.929 bits per heavy atom. The molecule has 28 heavy (non-hydrogen) atoms. The molecule has 0 aromatic heterocycles. The Labute approximate surface area is 162 Å². The summed E-state index contributed by atoms with van der Waals surface area (Å²) >= 11 is 0. The fourth-order valence-corrected chi connectivity index (χ4v) is 2.56. The Hall–Kier alpha value is -3.97. The molecule has 0 unspecified atom stereocenters. The second-order valence-corrected chi connectivity index (χ2v) is 5.89. The number of nitrogens with zero attached hydrogens (tertiary/aromatic N) is 1. The van der Waals surface area contributed by atoms with E-state index in [2.05, 4.69) is 0 Å². The number of allylic oxidation sites excluding steroid dienone is 1. The lowest BCUT2D eigenvalue weighted by molar-refractivity contribution is -0.128. The van der Waals surface area contributed by atoms with Crippen LogP contribution in [0.5, 0.6) is 5.75 Å². The molecule has 0 saturated heterocycles. The van der Waals surface area contributed by atoms with E-state index in [0.717, 1.165) is 5.56 Å². The molecule has 0 N–H and O–H groups in total. The predicted octanol–water partition coefficient (Wildman–Crippen LogP) is 5.51. The van der Waals surface area contributed by atoms with Crippen LogP contribution in [0.1, 0.15) is 16.7 Å². The average molecular weight is 369 g/mol. The van der Waals surface area contributed by atoms with Crippen molar-refractivity contribution in [2.45, 2.75) is 0 Å². The highest BCUT2D eigenvalue weighted by atomic mass is 19.1. The van der Waals surface area contributed by atoms with Gasteiger partial charge in [0.25, 0.3) is 0 Å². The van der Waals surface area contributed by atoms with Gasteiger partial charge in [-0.2, -0.15) is 5.26 Å². The van der Waals surface area contributed by atoms with Crippen LogP contribution in [0.2, 0.25) is 0 Å². The third kappa shape index (κ3) is 5.03. The van der Waals surface area contributed by atoms with E-state index in [9.17, 15) is 14.4 Å². The molecule has 0 bridgehead atoms. The van der Waals surface area contributed by atoms with Gasteiger partial charge in [-0.1, -0.05) is 60.7 Å². The van der Waals surface area contributed by atoms with E-state index in [1.807, 2.05) is 36.4 Å². The van der Waals surface area contributed by atoms with Crippen LogP contribution >= 0.6 is 0 Å². The highest BCUT2D eigenvalue weighted by Gasteiger charge is 2.07. The number of ether oxygens (including phenoxy) is 1. The van der Waals surface area contributed by atoms with E-state index >= 15 is 0 Å². The summed E-state index contributed by atoms with van der Waals surface area (Å²) in [6.07, 6.45) is 4.56. The van der Waals surface area contributed by atoms with Gasteiger partial charge in [-0.25, -0.2) is 9.18 Å². The summed E-state index contributed by atoms with van der Waals surface area (Å²) < 4.78 is 19.2. The van der Waals surface area contributed by atoms with Crippen LogP contribution in [-0.4, -0.2) is 5.97 Å². The number of rotatable bonds is 5. The van der Waals surface area contributed by atoms with Gasteiger partial charge in [0.2, 0.25) is 0 Å². The van der Waals surface area contributed by atoms with Crippen LogP contribution < -0.4 is 4.74 Å². The molecule has 0 heterocycles. The number of carbonyl (C=O) groups excluding carboxylic acids is 1. The number of hydrogen-bond donors (Lipinski definition) is 0. The number of carbonyl (C=O) groups is 1. The summed E-state index contributed by atoms with van der Waals surface area (Å²) in [6.45, 7) is 0. The molecule has 3 nitrogen and oxygen atoms in total. The van der Waals surface area contributed by atoms with Crippen molar-refractivity contribution < 1.29 is 13.9 Å². The molecule has 0 aliphatic carbocycles. The van der Waals surface area contributed by atoms with E-state index in [0.29, 0.717) is 11.3 Å². The summed E-state index contributed by atoms with van der Waals surface area (Å²) in [5.74, 6) is -0.647. The first kappa shape index (κ1) is 18.8. The van der Waals surface area contributed by atoms with Crippen LogP contribution in [0.15, 0.2) is 84.9 Å². The Morgan fingerprint density at radius 2 is 1.64 bits per heavy atom. The second kappa shape index (κ2) is 9.11. The van der Waals surface area contributed by atoms with Crippen molar-refractivity contribution in [2.24, 2.45) is 0 Å². The zero-order valence-corrected chi connectivity index (χ0v) is 14.9. The van der Waals surface area contributed by atoms with Crippen molar-refractivity contribution >= 4 is 23.7 Å². The maximum absolute atomic E-state index is 13.9. The van der Waals surface area contributed by atoms with Crippen LogP contribution in [0.25, 0.3) is 17.7 Å². The summed E-state index contributed by atoms with van der Waals surface area (Å²) in [6, 6.07) is 24.2. The molecular weight excluding hydrogens is 353 g/mol. The van der Waals surface area contributed by atoms with E-state index in [1.165, 1.54) is 12.1 Å². The molecule has 3 aromatic rings. The molecule has 0 aliphatic rings. The monoisotopic (exact) mass is 369 g/mol. The zero-order valence-electron chi connectivity index (χ0n) is 14.9. The van der Waals surface area contributed by atoms with Gasteiger partial charge >= 0.3 is 5.97 Å². The third-order valence-electron chi connectivity index (χ3n) is 3.88. The molecule has 0 saturated carbocycles. The number of benzene rings is 3. The first-order valence-electron chi connectivity index (χ1n) is 8.57. The zero-order chi connectivity index (χ0) is 19.8. The Balaban J connectivity index is 1.77. The molecule has 4 heteroatoms. The van der Waals surface area contributed by atoms with Crippen LogP contribution in [-0.2, 0) is 4.79 Å². The standard InChI is InChI=1S/C24H16FNO2/c25-23-12-5-4-11-22(23)20(17-26)15-19-9-6-10-21(16-19)28-24(27)14-13-18-7-2-1-3-8-18/h1-16H/b14-13+,20-15-. The molecule has 136 valence electrons. The van der Waals surface area contributed by atoms with Crippen molar-refractivity contribution in [3.8, 4) is 11.8 Å². The minimum absolute atomic E-state index is 0.186. The number of halogens is 1. The van der Waals surface area contributed by atoms with Crippen molar-refractivity contribution in [1.29, 1.82) is 5.26 Å². The van der Waals surface area contributed by atoms with E-state index in [-0.39, 0.29) is 11.1 Å². The highest BCUT2D eigenvalue weighted by Crippen LogP contribution is 2.22. The number of esters is 1. The first-order valence-corrected chi connectivity index (χ1v) is 8.57. The van der Waals surface area contributed by atoms with Crippen LogP contribution in [0.4, 0.5) is 4.39 Å². The molecular formula is C24H16FNO2. The van der Waals surface area contributed by atoms with Gasteiger partial charge in [0.1, 0.15) is 11.6 Å². The average Bonchev–Trinajstić information content (AvgIpc) is 2.72. The Morgan fingerprint density at radius 3 is 2.39 bits per heavy atom. The summed E-state index contributed by atoms with van der Waals surface area (Å²) in [4.78, 5) is 12.0. The lowest BCUT2D eigenvalue weighted by atomic mass is 10.0. The van der Waals surface area contributed by atoms with Gasteiger partial charge in [0, 0.05) is 11.6 Å². The smallest absolute Gasteiger partial charge is 0.336 e. The van der Waals surface area contributed by atoms with Gasteiger partial charge < -0.3 is 4.74 Å². The summed E-state index contributed by atoms with van der Waals surface area (Å²) in [5.41, 5.74) is 1.92. The molecule has 0 atom stereocenters. The van der Waals surface area contributed by atoms with Gasteiger partial charge in [-0.3, -0.25) is 0 Å². The molecule has 0 fully saturated rings. The minimum atomic E-state index is -0.514. The summed E-state index contributed by atoms with van der Waals surface area (Å²) in [5, 5.41) is 9.38. The molecule has 3 rings (SSSR count). The third-order valence-corrected chi connectivity index (χ3v) is 3.88. The topological polar surface area (TPSA) is 50.1 Å². The van der Waals surface area contributed by atoms with E-state index in [1.54, 1.807) is 54.6 Å². The lowest BCUT2D eigenvalue weighted by Gasteiger charge is -2.04. The van der Waals surface area contributed by atoms with Crippen molar-refractivity contribution in [1.82, 2.24) is 0 Å². The Bertz CT molecular complexity index is 1080. The van der Waals surface area contributed by atoms with Crippen molar-refractivity contribution in [3.05, 3.63) is 107 Å². The predicted molar refractivity (Wildman–Crippen MR) is 107 cm³/mol. The quantitative estimate of drug-likeness (QED) is 0.196. The largest absolute Gasteiger partial charge is 0.423 e. The van der Waals surface area contributed by atoms with Crippen LogP contribution in [0.3, 0.4) is 0 Å². The molecule has 0 spiro atoms. The van der Waals surface area contributed by atoms with Crippen LogP contribution in [0, 0.1) is 17.1 Å². The maximum atomic E-state index is 13.9. The van der Waals surface area contributed by atoms with Gasteiger partial charge in [0.15, 0.2) is 0 Å². The molecule has 0 aliphatic heterocycles. The first-order chi connectivity index (χ1) is 13.7. The van der Waals surface area contributed by atoms with E-state index < -0.39 is 11.8 Å². The SMILES string of the molecule is N#C/C(=C/c1cccc(OC(=O)/C=C/c2ccccc2)c1)c1ccccc1F. The fourth-order valence-electron chi connectivity index (χ4n) is 2.56. The van der Waals surface area contributed by atoms with Crippen molar-refractivity contribution in [3.63, 3.8) is 0 Å². The maximum Gasteiger partial charge on any atom is 0.336 e. The fraction of sp³-hybridized carbons (Fsp3) is 0. The lowest BCUT2D eigenvalue weighted by Crippen LogP contribution is -2.03.